The van der Waals surface area contributed by atoms with E-state index in [0.717, 1.165) is 19.1 Å². The van der Waals surface area contributed by atoms with Crippen molar-refractivity contribution >= 4 is 11.7 Å². The van der Waals surface area contributed by atoms with Gasteiger partial charge in [0.05, 0.1) is 7.11 Å². The zero-order valence-electron chi connectivity index (χ0n) is 9.88. The minimum absolute atomic E-state index is 0.331. The van der Waals surface area contributed by atoms with E-state index in [2.05, 4.69) is 4.74 Å². The quantitative estimate of drug-likeness (QED) is 0.522. The van der Waals surface area contributed by atoms with E-state index >= 15 is 0 Å². The highest BCUT2D eigenvalue weighted by molar-refractivity contribution is 5.75. The Morgan fingerprint density at radius 3 is 2.65 bits per heavy atom. The molecule has 0 aromatic heterocycles. The molecule has 0 spiro atoms. The number of carbonyl (C=O) groups is 1. The van der Waals surface area contributed by atoms with Gasteiger partial charge in [-0.15, -0.1) is 0 Å². The Labute approximate surface area is 99.8 Å². The highest BCUT2D eigenvalue weighted by Crippen LogP contribution is 2.25. The smallest absolute Gasteiger partial charge is 0.337 e. The van der Waals surface area contributed by atoms with Crippen molar-refractivity contribution in [2.75, 3.05) is 12.8 Å². The van der Waals surface area contributed by atoms with E-state index in [9.17, 15) is 15.0 Å². The van der Waals surface area contributed by atoms with Crippen LogP contribution in [0.15, 0.2) is 18.2 Å². The summed E-state index contributed by atoms with van der Waals surface area (Å²) in [4.78, 5) is 11.1. The molecule has 0 heterocycles. The predicted molar refractivity (Wildman–Crippen MR) is 63.2 cm³/mol. The maximum atomic E-state index is 11.1. The van der Waals surface area contributed by atoms with Crippen LogP contribution in [0, 0.1) is 0 Å². The van der Waals surface area contributed by atoms with Gasteiger partial charge in [-0.25, -0.2) is 4.79 Å². The second-order valence-electron chi connectivity index (χ2n) is 3.73. The van der Waals surface area contributed by atoms with Crippen molar-refractivity contribution in [2.24, 2.45) is 0 Å². The molecule has 0 aliphatic rings. The van der Waals surface area contributed by atoms with Gasteiger partial charge in [0.15, 0.2) is 6.10 Å². The molecule has 2 atom stereocenters. The number of esters is 1. The fourth-order valence-corrected chi connectivity index (χ4v) is 1.52. The van der Waals surface area contributed by atoms with E-state index in [0.29, 0.717) is 11.3 Å². The number of carbonyl (C=O) groups excluding carboxylic acids is 1. The number of anilines is 1. The van der Waals surface area contributed by atoms with E-state index in [1.165, 1.54) is 0 Å². The third-order valence-electron chi connectivity index (χ3n) is 2.62. The molecular weight excluding hydrogens is 222 g/mol. The first-order valence-corrected chi connectivity index (χ1v) is 5.33. The fraction of sp³-hybridized carbons (Fsp3) is 0.417. The zero-order chi connectivity index (χ0) is 13.0. The van der Waals surface area contributed by atoms with Crippen LogP contribution in [0.4, 0.5) is 5.69 Å². The lowest BCUT2D eigenvalue weighted by molar-refractivity contribution is -0.156. The molecule has 5 heteroatoms. The normalized spacial score (nSPS) is 14.1. The molecule has 0 aliphatic heterocycles. The average Bonchev–Trinajstić information content (AvgIpc) is 2.36. The van der Waals surface area contributed by atoms with Crippen LogP contribution in [0.3, 0.4) is 0 Å². The van der Waals surface area contributed by atoms with Crippen molar-refractivity contribution in [3.05, 3.63) is 29.3 Å². The Morgan fingerprint density at radius 2 is 2.12 bits per heavy atom. The summed E-state index contributed by atoms with van der Waals surface area (Å²) in [6.07, 6.45) is -2.24. The summed E-state index contributed by atoms with van der Waals surface area (Å²) in [5.41, 5.74) is 7.33. The lowest BCUT2D eigenvalue weighted by Crippen LogP contribution is -2.29. The van der Waals surface area contributed by atoms with Gasteiger partial charge in [0.2, 0.25) is 0 Å². The second-order valence-corrected chi connectivity index (χ2v) is 3.73. The Bertz CT molecular complexity index is 405. The second kappa shape index (κ2) is 5.65. The van der Waals surface area contributed by atoms with Crippen LogP contribution in [0.2, 0.25) is 0 Å². The molecule has 1 rings (SSSR count). The molecule has 0 saturated carbocycles. The van der Waals surface area contributed by atoms with E-state index in [1.54, 1.807) is 12.1 Å². The van der Waals surface area contributed by atoms with Crippen LogP contribution in [0.1, 0.15) is 24.2 Å². The SMILES string of the molecule is CCc1ccc(N)c(C(O)C(O)C(=O)OC)c1. The van der Waals surface area contributed by atoms with Crippen LogP contribution in [-0.2, 0) is 16.0 Å². The summed E-state index contributed by atoms with van der Waals surface area (Å²) in [5, 5.41) is 19.4. The number of aryl methyl sites for hydroxylation is 1. The van der Waals surface area contributed by atoms with Crippen molar-refractivity contribution in [3.8, 4) is 0 Å². The number of nitrogen functional groups attached to an aromatic ring is 1. The van der Waals surface area contributed by atoms with Gasteiger partial charge in [-0.05, 0) is 18.1 Å². The maximum absolute atomic E-state index is 11.1. The number of hydrogen-bond donors (Lipinski definition) is 3. The topological polar surface area (TPSA) is 92.8 Å². The van der Waals surface area contributed by atoms with Crippen LogP contribution in [0.5, 0.6) is 0 Å². The molecule has 0 amide bonds. The van der Waals surface area contributed by atoms with E-state index in [-0.39, 0.29) is 0 Å². The molecule has 2 unspecified atom stereocenters. The number of hydrogen-bond acceptors (Lipinski definition) is 5. The van der Waals surface area contributed by atoms with Gasteiger partial charge in [-0.2, -0.15) is 0 Å². The Morgan fingerprint density at radius 1 is 1.47 bits per heavy atom. The van der Waals surface area contributed by atoms with Crippen molar-refractivity contribution < 1.29 is 19.7 Å². The highest BCUT2D eigenvalue weighted by Gasteiger charge is 2.27. The standard InChI is InChI=1S/C12H17NO4/c1-3-7-4-5-9(13)8(6-7)10(14)11(15)12(16)17-2/h4-6,10-11,14-15H,3,13H2,1-2H3. The Hall–Kier alpha value is -1.59. The number of methoxy groups -OCH3 is 1. The summed E-state index contributed by atoms with van der Waals surface area (Å²) in [7, 11) is 1.14. The molecule has 4 N–H and O–H groups in total. The lowest BCUT2D eigenvalue weighted by Gasteiger charge is -2.18. The van der Waals surface area contributed by atoms with Gasteiger partial charge in [0.25, 0.3) is 0 Å². The summed E-state index contributed by atoms with van der Waals surface area (Å²) in [6.45, 7) is 1.96. The van der Waals surface area contributed by atoms with Crippen molar-refractivity contribution in [3.63, 3.8) is 0 Å². The largest absolute Gasteiger partial charge is 0.467 e. The van der Waals surface area contributed by atoms with Crippen LogP contribution >= 0.6 is 0 Å². The van der Waals surface area contributed by atoms with E-state index < -0.39 is 18.2 Å². The van der Waals surface area contributed by atoms with Gasteiger partial charge >= 0.3 is 5.97 Å². The first-order chi connectivity index (χ1) is 8.01. The Kier molecular flexibility index (Phi) is 4.48. The van der Waals surface area contributed by atoms with Gasteiger partial charge in [-0.1, -0.05) is 19.1 Å². The van der Waals surface area contributed by atoms with Crippen molar-refractivity contribution in [1.82, 2.24) is 0 Å². The molecule has 0 fully saturated rings. The highest BCUT2D eigenvalue weighted by atomic mass is 16.5. The fourth-order valence-electron chi connectivity index (χ4n) is 1.52. The molecule has 94 valence electrons. The molecule has 0 bridgehead atoms. The number of benzene rings is 1. The first kappa shape index (κ1) is 13.5. The predicted octanol–water partition coefficient (Wildman–Crippen LogP) is 0.398. The van der Waals surface area contributed by atoms with Crippen LogP contribution in [0.25, 0.3) is 0 Å². The summed E-state index contributed by atoms with van der Waals surface area (Å²) in [5.74, 6) is -0.890. The molecule has 0 aliphatic carbocycles. The number of nitrogens with two attached hydrogens (primary N) is 1. The summed E-state index contributed by atoms with van der Waals surface area (Å²) in [6, 6.07) is 5.14. The molecule has 0 radical (unpaired) electrons. The summed E-state index contributed by atoms with van der Waals surface area (Å²) < 4.78 is 4.36. The molecule has 1 aromatic carbocycles. The van der Waals surface area contributed by atoms with Gasteiger partial charge < -0.3 is 20.7 Å². The molecule has 0 saturated heterocycles. The monoisotopic (exact) mass is 239 g/mol. The Balaban J connectivity index is 3.02. The summed E-state index contributed by atoms with van der Waals surface area (Å²) >= 11 is 0. The number of aliphatic hydroxyl groups is 2. The van der Waals surface area contributed by atoms with Gasteiger partial charge in [0, 0.05) is 11.3 Å². The average molecular weight is 239 g/mol. The van der Waals surface area contributed by atoms with Crippen molar-refractivity contribution in [1.29, 1.82) is 0 Å². The van der Waals surface area contributed by atoms with Crippen LogP contribution in [-0.4, -0.2) is 29.4 Å². The van der Waals surface area contributed by atoms with Gasteiger partial charge in [0.1, 0.15) is 6.10 Å². The molecule has 17 heavy (non-hydrogen) atoms. The molecule has 5 nitrogen and oxygen atoms in total. The third kappa shape index (κ3) is 2.95. The minimum atomic E-state index is -1.63. The third-order valence-corrected chi connectivity index (χ3v) is 2.62. The van der Waals surface area contributed by atoms with E-state index in [4.69, 9.17) is 5.73 Å². The lowest BCUT2D eigenvalue weighted by atomic mass is 9.99. The van der Waals surface area contributed by atoms with Crippen molar-refractivity contribution in [2.45, 2.75) is 25.6 Å². The number of aliphatic hydroxyl groups excluding tert-OH is 2. The van der Waals surface area contributed by atoms with Crippen LogP contribution < -0.4 is 5.73 Å². The molecule has 1 aromatic rings. The number of ether oxygens (including phenoxy) is 1. The zero-order valence-corrected chi connectivity index (χ0v) is 9.88. The minimum Gasteiger partial charge on any atom is -0.467 e. The van der Waals surface area contributed by atoms with Gasteiger partial charge in [-0.3, -0.25) is 0 Å². The number of rotatable bonds is 4. The first-order valence-electron chi connectivity index (χ1n) is 5.33. The molecular formula is C12H17NO4. The van der Waals surface area contributed by atoms with E-state index in [1.807, 2.05) is 13.0 Å². The maximum Gasteiger partial charge on any atom is 0.337 e.